The van der Waals surface area contributed by atoms with E-state index in [1.54, 1.807) is 6.08 Å². The van der Waals surface area contributed by atoms with Gasteiger partial charge in [-0.05, 0) is 11.1 Å². The first-order chi connectivity index (χ1) is 5.86. The van der Waals surface area contributed by atoms with Gasteiger partial charge in [-0.25, -0.2) is 0 Å². The molecular weight excluding hydrogens is 152 g/mol. The van der Waals surface area contributed by atoms with E-state index < -0.39 is 0 Å². The van der Waals surface area contributed by atoms with E-state index in [0.717, 1.165) is 11.1 Å². The van der Waals surface area contributed by atoms with Crippen LogP contribution in [0.4, 0.5) is 0 Å². The molecule has 0 radical (unpaired) electrons. The second kappa shape index (κ2) is 4.70. The molecule has 1 aromatic carbocycles. The molecule has 1 rings (SSSR count). The lowest BCUT2D eigenvalue weighted by atomic mass is 10.1. The number of aliphatic hydroxyl groups excluding tert-OH is 2. The van der Waals surface area contributed by atoms with Gasteiger partial charge in [0.05, 0.1) is 13.2 Å². The number of hydrogen-bond acceptors (Lipinski definition) is 2. The van der Waals surface area contributed by atoms with Crippen LogP contribution in [0.2, 0.25) is 0 Å². The summed E-state index contributed by atoms with van der Waals surface area (Å²) in [6.07, 6.45) is 3.51. The number of rotatable bonds is 3. The first-order valence-electron chi connectivity index (χ1n) is 3.84. The molecule has 0 unspecified atom stereocenters. The van der Waals surface area contributed by atoms with Gasteiger partial charge < -0.3 is 10.2 Å². The van der Waals surface area contributed by atoms with E-state index in [9.17, 15) is 0 Å². The Hall–Kier alpha value is -1.12. The lowest BCUT2D eigenvalue weighted by molar-refractivity contribution is 0.282. The van der Waals surface area contributed by atoms with Crippen molar-refractivity contribution in [3.05, 3.63) is 41.5 Å². The van der Waals surface area contributed by atoms with Gasteiger partial charge >= 0.3 is 0 Å². The van der Waals surface area contributed by atoms with Gasteiger partial charge in [-0.3, -0.25) is 0 Å². The minimum Gasteiger partial charge on any atom is -0.392 e. The van der Waals surface area contributed by atoms with Crippen molar-refractivity contribution in [3.8, 4) is 0 Å². The summed E-state index contributed by atoms with van der Waals surface area (Å²) < 4.78 is 0. The predicted octanol–water partition coefficient (Wildman–Crippen LogP) is 1.18. The third-order valence-corrected chi connectivity index (χ3v) is 1.58. The molecule has 64 valence electrons. The molecule has 0 aromatic heterocycles. The largest absolute Gasteiger partial charge is 0.392 e. The topological polar surface area (TPSA) is 40.5 Å². The van der Waals surface area contributed by atoms with Gasteiger partial charge in [0.25, 0.3) is 0 Å². The van der Waals surface area contributed by atoms with Gasteiger partial charge in [-0.1, -0.05) is 36.4 Å². The van der Waals surface area contributed by atoms with E-state index in [1.807, 2.05) is 30.3 Å². The van der Waals surface area contributed by atoms with Crippen LogP contribution < -0.4 is 0 Å². The molecule has 0 saturated heterocycles. The summed E-state index contributed by atoms with van der Waals surface area (Å²) in [7, 11) is 0. The Kier molecular flexibility index (Phi) is 3.51. The summed E-state index contributed by atoms with van der Waals surface area (Å²) in [6, 6.07) is 7.52. The quantitative estimate of drug-likeness (QED) is 0.704. The average Bonchev–Trinajstić information content (AvgIpc) is 2.15. The fourth-order valence-corrected chi connectivity index (χ4v) is 0.923. The number of benzene rings is 1. The fraction of sp³-hybridized carbons (Fsp3) is 0.200. The highest BCUT2D eigenvalue weighted by Gasteiger charge is 1.88. The van der Waals surface area contributed by atoms with Crippen molar-refractivity contribution in [1.29, 1.82) is 0 Å². The molecule has 1 aromatic rings. The third kappa shape index (κ3) is 2.49. The van der Waals surface area contributed by atoms with Gasteiger partial charge in [0.1, 0.15) is 0 Å². The van der Waals surface area contributed by atoms with E-state index in [1.165, 1.54) is 0 Å². The molecule has 0 spiro atoms. The SMILES string of the molecule is OC/C=C/c1ccc(CO)cc1. The predicted molar refractivity (Wildman–Crippen MR) is 48.5 cm³/mol. The van der Waals surface area contributed by atoms with E-state index >= 15 is 0 Å². The summed E-state index contributed by atoms with van der Waals surface area (Å²) >= 11 is 0. The Morgan fingerprint density at radius 3 is 2.25 bits per heavy atom. The Morgan fingerprint density at radius 1 is 1.08 bits per heavy atom. The highest BCUT2D eigenvalue weighted by atomic mass is 16.3. The van der Waals surface area contributed by atoms with Gasteiger partial charge in [0.15, 0.2) is 0 Å². The van der Waals surface area contributed by atoms with E-state index in [0.29, 0.717) is 0 Å². The van der Waals surface area contributed by atoms with Gasteiger partial charge in [0.2, 0.25) is 0 Å². The fourth-order valence-electron chi connectivity index (χ4n) is 0.923. The minimum atomic E-state index is 0.0573. The Labute approximate surface area is 71.8 Å². The summed E-state index contributed by atoms with van der Waals surface area (Å²) in [6.45, 7) is 0.131. The third-order valence-electron chi connectivity index (χ3n) is 1.58. The van der Waals surface area contributed by atoms with Gasteiger partial charge in [-0.2, -0.15) is 0 Å². The molecular formula is C10H12O2. The van der Waals surface area contributed by atoms with Gasteiger partial charge in [-0.15, -0.1) is 0 Å². The molecule has 0 atom stereocenters. The molecule has 0 fully saturated rings. The van der Waals surface area contributed by atoms with Crippen molar-refractivity contribution in [2.75, 3.05) is 6.61 Å². The van der Waals surface area contributed by atoms with Crippen LogP contribution in [-0.4, -0.2) is 16.8 Å². The highest BCUT2D eigenvalue weighted by Crippen LogP contribution is 2.05. The van der Waals surface area contributed by atoms with Crippen LogP contribution in [0.15, 0.2) is 30.3 Å². The van der Waals surface area contributed by atoms with Crippen LogP contribution >= 0.6 is 0 Å². The van der Waals surface area contributed by atoms with Crippen molar-refractivity contribution < 1.29 is 10.2 Å². The van der Waals surface area contributed by atoms with E-state index in [-0.39, 0.29) is 13.2 Å². The molecule has 2 nitrogen and oxygen atoms in total. The molecule has 2 heteroatoms. The molecule has 12 heavy (non-hydrogen) atoms. The maximum absolute atomic E-state index is 8.75. The molecule has 0 saturated carbocycles. The average molecular weight is 164 g/mol. The van der Waals surface area contributed by atoms with Crippen molar-refractivity contribution in [3.63, 3.8) is 0 Å². The molecule has 0 aliphatic carbocycles. The maximum Gasteiger partial charge on any atom is 0.0681 e. The van der Waals surface area contributed by atoms with Crippen LogP contribution in [0.3, 0.4) is 0 Å². The molecule has 0 bridgehead atoms. The van der Waals surface area contributed by atoms with Crippen LogP contribution in [0.25, 0.3) is 6.08 Å². The van der Waals surface area contributed by atoms with Crippen molar-refractivity contribution in [2.24, 2.45) is 0 Å². The summed E-state index contributed by atoms with van der Waals surface area (Å²) in [5, 5.41) is 17.2. The first-order valence-corrected chi connectivity index (χ1v) is 3.84. The number of aliphatic hydroxyl groups is 2. The van der Waals surface area contributed by atoms with Crippen molar-refractivity contribution >= 4 is 6.08 Å². The molecule has 2 N–H and O–H groups in total. The van der Waals surface area contributed by atoms with Crippen LogP contribution in [0, 0.1) is 0 Å². The molecule has 0 amide bonds. The molecule has 0 aliphatic rings. The summed E-state index contributed by atoms with van der Waals surface area (Å²) in [4.78, 5) is 0. The molecule has 0 heterocycles. The Balaban J connectivity index is 2.71. The molecule has 0 aliphatic heterocycles. The van der Waals surface area contributed by atoms with Crippen LogP contribution in [-0.2, 0) is 6.61 Å². The van der Waals surface area contributed by atoms with E-state index in [2.05, 4.69) is 0 Å². The summed E-state index contributed by atoms with van der Waals surface area (Å²) in [5.74, 6) is 0. The second-order valence-electron chi connectivity index (χ2n) is 2.48. The second-order valence-corrected chi connectivity index (χ2v) is 2.48. The lowest BCUT2D eigenvalue weighted by Crippen LogP contribution is -1.81. The smallest absolute Gasteiger partial charge is 0.0681 e. The zero-order chi connectivity index (χ0) is 8.81. The van der Waals surface area contributed by atoms with Crippen LogP contribution in [0.1, 0.15) is 11.1 Å². The maximum atomic E-state index is 8.75. The first kappa shape index (κ1) is 8.97. The Morgan fingerprint density at radius 2 is 1.75 bits per heavy atom. The summed E-state index contributed by atoms with van der Waals surface area (Å²) in [5.41, 5.74) is 1.93. The number of hydrogen-bond donors (Lipinski definition) is 2. The van der Waals surface area contributed by atoms with E-state index in [4.69, 9.17) is 10.2 Å². The lowest BCUT2D eigenvalue weighted by Gasteiger charge is -1.95. The highest BCUT2D eigenvalue weighted by molar-refractivity contribution is 5.49. The standard InChI is InChI=1S/C10H12O2/c11-7-1-2-9-3-5-10(8-12)6-4-9/h1-6,11-12H,7-8H2/b2-1+. The normalized spacial score (nSPS) is 10.8. The van der Waals surface area contributed by atoms with Gasteiger partial charge in [0, 0.05) is 0 Å². The van der Waals surface area contributed by atoms with Crippen LogP contribution in [0.5, 0.6) is 0 Å². The zero-order valence-electron chi connectivity index (χ0n) is 6.77. The minimum absolute atomic E-state index is 0.0573. The zero-order valence-corrected chi connectivity index (χ0v) is 6.77. The van der Waals surface area contributed by atoms with Crippen molar-refractivity contribution in [1.82, 2.24) is 0 Å². The van der Waals surface area contributed by atoms with Crippen molar-refractivity contribution in [2.45, 2.75) is 6.61 Å². The monoisotopic (exact) mass is 164 g/mol. The Bertz CT molecular complexity index is 249.